The molecule has 0 aliphatic carbocycles. The summed E-state index contributed by atoms with van der Waals surface area (Å²) in [6.07, 6.45) is 2.89. The molecular formula is C12H17ClN4S. The lowest BCUT2D eigenvalue weighted by atomic mass is 10.1. The van der Waals surface area contributed by atoms with Crippen LogP contribution in [0.1, 0.15) is 36.9 Å². The van der Waals surface area contributed by atoms with Crippen LogP contribution in [0.5, 0.6) is 0 Å². The Morgan fingerprint density at radius 2 is 2.33 bits per heavy atom. The Morgan fingerprint density at radius 3 is 2.94 bits per heavy atom. The molecule has 0 amide bonds. The van der Waals surface area contributed by atoms with Gasteiger partial charge < -0.3 is 5.32 Å². The standard InChI is InChI=1S/C12H17ClN4S/c1-3-6-14-11(12-9(13)5-7-18-12)10-8-15-16-17(10)4-2/h5,7-8,11,14H,3-4,6H2,1-2H3. The number of nitrogens with zero attached hydrogens (tertiary/aromatic N) is 3. The van der Waals surface area contributed by atoms with E-state index in [0.29, 0.717) is 0 Å². The van der Waals surface area contributed by atoms with Gasteiger partial charge in [-0.15, -0.1) is 16.4 Å². The summed E-state index contributed by atoms with van der Waals surface area (Å²) in [4.78, 5) is 1.13. The summed E-state index contributed by atoms with van der Waals surface area (Å²) in [6, 6.07) is 2.01. The van der Waals surface area contributed by atoms with Gasteiger partial charge in [-0.1, -0.05) is 23.7 Å². The van der Waals surface area contributed by atoms with E-state index in [1.165, 1.54) is 0 Å². The van der Waals surface area contributed by atoms with Crippen molar-refractivity contribution in [2.45, 2.75) is 32.9 Å². The average molecular weight is 285 g/mol. The van der Waals surface area contributed by atoms with E-state index in [-0.39, 0.29) is 6.04 Å². The van der Waals surface area contributed by atoms with Crippen LogP contribution in [-0.2, 0) is 6.54 Å². The summed E-state index contributed by atoms with van der Waals surface area (Å²) >= 11 is 7.91. The second-order valence-corrected chi connectivity index (χ2v) is 5.35. The Bertz CT molecular complexity index is 494. The normalized spacial score (nSPS) is 12.8. The molecule has 0 fully saturated rings. The molecule has 0 saturated carbocycles. The maximum Gasteiger partial charge on any atom is 0.0873 e. The summed E-state index contributed by atoms with van der Waals surface area (Å²) in [7, 11) is 0. The molecule has 1 N–H and O–H groups in total. The molecule has 0 bridgehead atoms. The molecule has 0 aliphatic rings. The van der Waals surface area contributed by atoms with Gasteiger partial charge in [-0.3, -0.25) is 0 Å². The van der Waals surface area contributed by atoms with E-state index in [0.717, 1.165) is 35.1 Å². The number of rotatable bonds is 6. The molecule has 2 aromatic heterocycles. The fourth-order valence-corrected chi connectivity index (χ4v) is 3.12. The van der Waals surface area contributed by atoms with Gasteiger partial charge in [0.25, 0.3) is 0 Å². The highest BCUT2D eigenvalue weighted by Crippen LogP contribution is 2.32. The monoisotopic (exact) mass is 284 g/mol. The Labute approximate surface area is 116 Å². The first-order chi connectivity index (χ1) is 8.77. The highest BCUT2D eigenvalue weighted by atomic mass is 35.5. The largest absolute Gasteiger partial charge is 0.304 e. The smallest absolute Gasteiger partial charge is 0.0873 e. The highest BCUT2D eigenvalue weighted by molar-refractivity contribution is 7.10. The number of aromatic nitrogens is 3. The molecule has 0 radical (unpaired) electrons. The predicted octanol–water partition coefficient (Wildman–Crippen LogP) is 3.10. The topological polar surface area (TPSA) is 42.7 Å². The number of hydrogen-bond acceptors (Lipinski definition) is 4. The first-order valence-electron chi connectivity index (χ1n) is 6.12. The van der Waals surface area contributed by atoms with E-state index in [1.807, 2.05) is 22.3 Å². The zero-order valence-electron chi connectivity index (χ0n) is 10.6. The van der Waals surface area contributed by atoms with E-state index < -0.39 is 0 Å². The zero-order chi connectivity index (χ0) is 13.0. The fourth-order valence-electron chi connectivity index (χ4n) is 1.87. The first-order valence-corrected chi connectivity index (χ1v) is 7.38. The third-order valence-electron chi connectivity index (χ3n) is 2.75. The van der Waals surface area contributed by atoms with Crippen molar-refractivity contribution in [2.24, 2.45) is 0 Å². The molecule has 2 aromatic rings. The van der Waals surface area contributed by atoms with E-state index in [4.69, 9.17) is 11.6 Å². The molecule has 2 rings (SSSR count). The number of aryl methyl sites for hydroxylation is 1. The molecule has 0 saturated heterocycles. The third kappa shape index (κ3) is 2.74. The minimum atomic E-state index is 0.0763. The van der Waals surface area contributed by atoms with E-state index in [1.54, 1.807) is 11.3 Å². The number of hydrogen-bond donors (Lipinski definition) is 1. The van der Waals surface area contributed by atoms with Gasteiger partial charge in [-0.25, -0.2) is 4.68 Å². The van der Waals surface area contributed by atoms with Gasteiger partial charge in [0.05, 0.1) is 23.0 Å². The van der Waals surface area contributed by atoms with Crippen molar-refractivity contribution >= 4 is 22.9 Å². The summed E-state index contributed by atoms with van der Waals surface area (Å²) in [5.74, 6) is 0. The molecule has 0 aliphatic heterocycles. The average Bonchev–Trinajstić information content (AvgIpc) is 2.99. The quantitative estimate of drug-likeness (QED) is 0.886. The summed E-state index contributed by atoms with van der Waals surface area (Å²) < 4.78 is 1.91. The van der Waals surface area contributed by atoms with Crippen LogP contribution in [0, 0.1) is 0 Å². The van der Waals surface area contributed by atoms with Crippen LogP contribution < -0.4 is 5.32 Å². The molecule has 6 heteroatoms. The van der Waals surface area contributed by atoms with Gasteiger partial charge >= 0.3 is 0 Å². The van der Waals surface area contributed by atoms with Crippen molar-refractivity contribution in [3.63, 3.8) is 0 Å². The van der Waals surface area contributed by atoms with Crippen molar-refractivity contribution in [1.29, 1.82) is 0 Å². The molecule has 0 spiro atoms. The number of nitrogens with one attached hydrogen (secondary N) is 1. The molecule has 18 heavy (non-hydrogen) atoms. The van der Waals surface area contributed by atoms with Crippen molar-refractivity contribution in [1.82, 2.24) is 20.3 Å². The Kier molecular flexibility index (Phi) is 4.74. The zero-order valence-corrected chi connectivity index (χ0v) is 12.1. The fraction of sp³-hybridized carbons (Fsp3) is 0.500. The highest BCUT2D eigenvalue weighted by Gasteiger charge is 2.21. The van der Waals surface area contributed by atoms with Gasteiger partial charge in [-0.05, 0) is 31.3 Å². The van der Waals surface area contributed by atoms with E-state index in [2.05, 4.69) is 29.5 Å². The van der Waals surface area contributed by atoms with Crippen molar-refractivity contribution < 1.29 is 0 Å². The van der Waals surface area contributed by atoms with Crippen molar-refractivity contribution in [3.05, 3.63) is 33.2 Å². The molecule has 4 nitrogen and oxygen atoms in total. The second kappa shape index (κ2) is 6.31. The molecule has 0 aromatic carbocycles. The maximum atomic E-state index is 6.25. The van der Waals surface area contributed by atoms with Crippen LogP contribution in [0.4, 0.5) is 0 Å². The van der Waals surface area contributed by atoms with Gasteiger partial charge in [-0.2, -0.15) is 0 Å². The van der Waals surface area contributed by atoms with Crippen LogP contribution in [0.25, 0.3) is 0 Å². The van der Waals surface area contributed by atoms with Gasteiger partial charge in [0.1, 0.15) is 0 Å². The van der Waals surface area contributed by atoms with E-state index >= 15 is 0 Å². The Morgan fingerprint density at radius 1 is 1.50 bits per heavy atom. The van der Waals surface area contributed by atoms with Gasteiger partial charge in [0, 0.05) is 11.4 Å². The van der Waals surface area contributed by atoms with Crippen molar-refractivity contribution in [3.8, 4) is 0 Å². The minimum Gasteiger partial charge on any atom is -0.304 e. The Balaban J connectivity index is 2.34. The lowest BCUT2D eigenvalue weighted by Gasteiger charge is -2.18. The van der Waals surface area contributed by atoms with Crippen LogP contribution in [-0.4, -0.2) is 21.5 Å². The molecule has 2 heterocycles. The van der Waals surface area contributed by atoms with Crippen LogP contribution >= 0.6 is 22.9 Å². The van der Waals surface area contributed by atoms with Crippen LogP contribution in [0.2, 0.25) is 5.02 Å². The van der Waals surface area contributed by atoms with Crippen LogP contribution in [0.15, 0.2) is 17.6 Å². The number of halogens is 1. The van der Waals surface area contributed by atoms with Gasteiger partial charge in [0.2, 0.25) is 0 Å². The minimum absolute atomic E-state index is 0.0763. The van der Waals surface area contributed by atoms with Crippen molar-refractivity contribution in [2.75, 3.05) is 6.54 Å². The lowest BCUT2D eigenvalue weighted by molar-refractivity contribution is 0.528. The van der Waals surface area contributed by atoms with E-state index in [9.17, 15) is 0 Å². The molecule has 98 valence electrons. The summed E-state index contributed by atoms with van der Waals surface area (Å²) in [5.41, 5.74) is 1.07. The third-order valence-corrected chi connectivity index (χ3v) is 4.17. The summed E-state index contributed by atoms with van der Waals surface area (Å²) in [6.45, 7) is 5.96. The lowest BCUT2D eigenvalue weighted by Crippen LogP contribution is -2.25. The second-order valence-electron chi connectivity index (χ2n) is 3.99. The first kappa shape index (κ1) is 13.5. The molecular weight excluding hydrogens is 268 g/mol. The molecule has 1 unspecified atom stereocenters. The predicted molar refractivity (Wildman–Crippen MR) is 75.2 cm³/mol. The Hall–Kier alpha value is -0.910. The van der Waals surface area contributed by atoms with Crippen LogP contribution in [0.3, 0.4) is 0 Å². The number of thiophene rings is 1. The van der Waals surface area contributed by atoms with Gasteiger partial charge in [0.15, 0.2) is 0 Å². The summed E-state index contributed by atoms with van der Waals surface area (Å²) in [5, 5.41) is 14.4. The SMILES string of the molecule is CCCNC(c1sccc1Cl)c1cnnn1CC. The maximum absolute atomic E-state index is 6.25. The molecule has 1 atom stereocenters.